The minimum atomic E-state index is -0.540. The Hall–Kier alpha value is -0.700. The van der Waals surface area contributed by atoms with Crippen LogP contribution in [0.4, 0.5) is 0 Å². The van der Waals surface area contributed by atoms with Crippen molar-refractivity contribution < 1.29 is 32.5 Å². The summed E-state index contributed by atoms with van der Waals surface area (Å²) < 4.78 is 17.7. The number of benzene rings is 2. The molecule has 0 spiro atoms. The predicted octanol–water partition coefficient (Wildman–Crippen LogP) is 2.44. The summed E-state index contributed by atoms with van der Waals surface area (Å²) in [7, 11) is 0. The van der Waals surface area contributed by atoms with Gasteiger partial charge in [0.05, 0.1) is 0 Å². The van der Waals surface area contributed by atoms with Gasteiger partial charge in [-0.05, 0) is 0 Å². The van der Waals surface area contributed by atoms with Crippen LogP contribution in [0.2, 0.25) is 0 Å². The molecule has 0 radical (unpaired) electrons. The molecule has 2 aromatic carbocycles. The van der Waals surface area contributed by atoms with Crippen LogP contribution in [0.15, 0.2) is 42.5 Å². The van der Waals surface area contributed by atoms with E-state index >= 15 is 0 Å². The van der Waals surface area contributed by atoms with Gasteiger partial charge < -0.3 is 0 Å². The standard InChI is InChI=1S/C18H21I2O3/c1-13-7-5-10-16(18(2,3)4)17(13)21-12-20-23-15-9-6-8-14(11-15)22-19/h5-11H,12H2,1-4H3/q-1. The van der Waals surface area contributed by atoms with Crippen molar-refractivity contribution in [3.63, 3.8) is 0 Å². The molecule has 0 bridgehead atoms. The van der Waals surface area contributed by atoms with E-state index in [1.54, 1.807) is 0 Å². The molecule has 2 aromatic rings. The van der Waals surface area contributed by atoms with E-state index in [4.69, 9.17) is 10.9 Å². The summed E-state index contributed by atoms with van der Waals surface area (Å²) in [6, 6.07) is 14.0. The third-order valence-corrected chi connectivity index (χ3v) is 5.20. The van der Waals surface area contributed by atoms with Gasteiger partial charge in [-0.2, -0.15) is 0 Å². The Morgan fingerprint density at radius 1 is 1.04 bits per heavy atom. The van der Waals surface area contributed by atoms with Crippen LogP contribution < -0.4 is 32.5 Å². The molecule has 0 fully saturated rings. The molecule has 5 heteroatoms. The number of aryl methyl sites for hydroxylation is 1. The molecule has 0 aliphatic rings. The molecule has 0 aliphatic heterocycles. The van der Waals surface area contributed by atoms with Crippen molar-refractivity contribution in [3.8, 4) is 17.2 Å². The average molecular weight is 539 g/mol. The van der Waals surface area contributed by atoms with Gasteiger partial charge in [0.1, 0.15) is 0 Å². The number of hydrogen-bond acceptors (Lipinski definition) is 3. The monoisotopic (exact) mass is 539 g/mol. The quantitative estimate of drug-likeness (QED) is 0.321. The van der Waals surface area contributed by atoms with Crippen molar-refractivity contribution in [3.05, 3.63) is 53.6 Å². The van der Waals surface area contributed by atoms with Crippen LogP contribution in [0.5, 0.6) is 17.2 Å². The fourth-order valence-electron chi connectivity index (χ4n) is 2.17. The van der Waals surface area contributed by atoms with Crippen LogP contribution in [-0.2, 0) is 5.41 Å². The van der Waals surface area contributed by atoms with Gasteiger partial charge in [-0.25, -0.2) is 0 Å². The molecular weight excluding hydrogens is 518 g/mol. The first-order valence-corrected chi connectivity index (χ1v) is 10.6. The summed E-state index contributed by atoms with van der Waals surface area (Å²) in [4.78, 5) is 0. The van der Waals surface area contributed by atoms with Gasteiger partial charge in [-0.1, -0.05) is 0 Å². The average Bonchev–Trinajstić information content (AvgIpc) is 2.52. The van der Waals surface area contributed by atoms with Crippen molar-refractivity contribution in [1.82, 2.24) is 0 Å². The minimum absolute atomic E-state index is 0.0620. The number of ether oxygens (including phenoxy) is 1. The first-order valence-electron chi connectivity index (χ1n) is 7.29. The van der Waals surface area contributed by atoms with Gasteiger partial charge in [-0.3, -0.25) is 0 Å². The summed E-state index contributed by atoms with van der Waals surface area (Å²) in [6.07, 6.45) is 0. The van der Waals surface area contributed by atoms with Crippen LogP contribution in [0, 0.1) is 6.92 Å². The van der Waals surface area contributed by atoms with Crippen LogP contribution in [0.25, 0.3) is 0 Å². The summed E-state index contributed by atoms with van der Waals surface area (Å²) in [5.74, 6) is 2.62. The molecule has 23 heavy (non-hydrogen) atoms. The van der Waals surface area contributed by atoms with E-state index in [0.29, 0.717) is 4.61 Å². The first-order chi connectivity index (χ1) is 10.9. The van der Waals surface area contributed by atoms with Gasteiger partial charge in [0, 0.05) is 0 Å². The molecule has 0 atom stereocenters. The Labute approximate surface area is 163 Å². The molecule has 0 heterocycles. The molecule has 0 aromatic heterocycles. The second-order valence-corrected chi connectivity index (χ2v) is 8.32. The van der Waals surface area contributed by atoms with Gasteiger partial charge in [0.25, 0.3) is 0 Å². The van der Waals surface area contributed by atoms with E-state index < -0.39 is 21.6 Å². The van der Waals surface area contributed by atoms with E-state index in [-0.39, 0.29) is 5.41 Å². The van der Waals surface area contributed by atoms with E-state index in [9.17, 15) is 0 Å². The van der Waals surface area contributed by atoms with Crippen molar-refractivity contribution >= 4 is 23.0 Å². The fourth-order valence-corrected chi connectivity index (χ4v) is 3.64. The van der Waals surface area contributed by atoms with E-state index in [1.807, 2.05) is 47.3 Å². The van der Waals surface area contributed by atoms with Crippen molar-refractivity contribution in [2.45, 2.75) is 33.1 Å². The summed E-state index contributed by atoms with van der Waals surface area (Å²) in [5, 5.41) is 0. The maximum atomic E-state index is 6.06. The SMILES string of the molecule is Cc1cccc(C(C)(C)C)c1OC[I-]Oc1cccc(OI)c1. The molecule has 0 amide bonds. The summed E-state index contributed by atoms with van der Waals surface area (Å²) >= 11 is 1.33. The number of hydrogen-bond donors (Lipinski definition) is 0. The molecule has 126 valence electrons. The molecule has 0 saturated heterocycles. The van der Waals surface area contributed by atoms with Crippen molar-refractivity contribution in [1.29, 1.82) is 0 Å². The van der Waals surface area contributed by atoms with Gasteiger partial charge >= 0.3 is 164 Å². The third kappa shape index (κ3) is 5.41. The molecule has 0 aliphatic carbocycles. The normalized spacial score (nSPS) is 11.3. The number of alkyl halides is 1. The van der Waals surface area contributed by atoms with Crippen LogP contribution in [-0.4, -0.2) is 4.61 Å². The molecule has 3 nitrogen and oxygen atoms in total. The Balaban J connectivity index is 1.96. The Bertz CT molecular complexity index is 651. The zero-order chi connectivity index (χ0) is 16.9. The Morgan fingerprint density at radius 2 is 1.74 bits per heavy atom. The summed E-state index contributed by atoms with van der Waals surface area (Å²) in [6.45, 7) is 8.70. The number of halogens is 2. The second-order valence-electron chi connectivity index (χ2n) is 6.19. The molecule has 0 saturated carbocycles. The Kier molecular flexibility index (Phi) is 6.82. The van der Waals surface area contributed by atoms with Gasteiger partial charge in [-0.15, -0.1) is 0 Å². The topological polar surface area (TPSA) is 27.7 Å². The summed E-state index contributed by atoms with van der Waals surface area (Å²) in [5.41, 5.74) is 2.47. The Morgan fingerprint density at radius 3 is 2.43 bits per heavy atom. The number of para-hydroxylation sites is 1. The number of rotatable bonds is 6. The van der Waals surface area contributed by atoms with Crippen LogP contribution in [0.3, 0.4) is 0 Å². The van der Waals surface area contributed by atoms with Crippen LogP contribution >= 0.6 is 23.0 Å². The zero-order valence-electron chi connectivity index (χ0n) is 13.7. The van der Waals surface area contributed by atoms with E-state index in [1.165, 1.54) is 11.1 Å². The molecular formula is C18H21I2O3-. The fraction of sp³-hybridized carbons (Fsp3) is 0.333. The molecule has 0 unspecified atom stereocenters. The predicted molar refractivity (Wildman–Crippen MR) is 97.1 cm³/mol. The van der Waals surface area contributed by atoms with E-state index in [0.717, 1.165) is 17.2 Å². The zero-order valence-corrected chi connectivity index (χ0v) is 18.0. The first kappa shape index (κ1) is 18.6. The molecule has 2 rings (SSSR count). The van der Waals surface area contributed by atoms with Crippen molar-refractivity contribution in [2.75, 3.05) is 4.61 Å². The third-order valence-electron chi connectivity index (χ3n) is 3.30. The second kappa shape index (κ2) is 8.41. The van der Waals surface area contributed by atoms with Gasteiger partial charge in [0.2, 0.25) is 0 Å². The maximum absolute atomic E-state index is 6.06. The van der Waals surface area contributed by atoms with Crippen LogP contribution in [0.1, 0.15) is 31.9 Å². The van der Waals surface area contributed by atoms with Crippen molar-refractivity contribution in [2.24, 2.45) is 0 Å². The van der Waals surface area contributed by atoms with Gasteiger partial charge in [0.15, 0.2) is 0 Å². The van der Waals surface area contributed by atoms with E-state index in [2.05, 4.69) is 45.9 Å². The molecule has 0 N–H and O–H groups in total.